The van der Waals surface area contributed by atoms with Crippen LogP contribution in [-0.2, 0) is 11.2 Å². The molecule has 1 aromatic rings. The van der Waals surface area contributed by atoms with Gasteiger partial charge in [-0.25, -0.2) is 4.79 Å². The molecule has 2 rings (SSSR count). The van der Waals surface area contributed by atoms with Crippen LogP contribution in [0.1, 0.15) is 5.56 Å². The number of carboxylic acids is 1. The third-order valence-electron chi connectivity index (χ3n) is 2.05. The quantitative estimate of drug-likeness (QED) is 0.826. The fraction of sp³-hybridized carbons (Fsp3) is 0.300. The van der Waals surface area contributed by atoms with Crippen molar-refractivity contribution in [3.8, 4) is 5.75 Å². The summed E-state index contributed by atoms with van der Waals surface area (Å²) in [7, 11) is 0. The lowest BCUT2D eigenvalue weighted by Gasteiger charge is -2.07. The molecule has 1 N–H and O–H groups in total. The topological polar surface area (TPSA) is 46.5 Å². The van der Waals surface area contributed by atoms with Crippen LogP contribution in [0.5, 0.6) is 5.75 Å². The number of ether oxygens (including phenoxy) is 1. The van der Waals surface area contributed by atoms with Gasteiger partial charge in [0.1, 0.15) is 5.75 Å². The van der Waals surface area contributed by atoms with Crippen molar-refractivity contribution < 1.29 is 14.6 Å². The highest BCUT2D eigenvalue weighted by Gasteiger charge is 2.16. The van der Waals surface area contributed by atoms with Crippen LogP contribution in [0.2, 0.25) is 0 Å². The van der Waals surface area contributed by atoms with Crippen molar-refractivity contribution >= 4 is 17.7 Å². The van der Waals surface area contributed by atoms with Crippen LogP contribution in [0.25, 0.3) is 0 Å². The number of thioether (sulfide) groups is 1. The minimum Gasteiger partial charge on any atom is -0.482 e. The number of hydrogen-bond acceptors (Lipinski definition) is 3. The average molecular weight is 210 g/mol. The number of aliphatic carboxylic acids is 1. The number of carbonyl (C=O) groups is 1. The van der Waals surface area contributed by atoms with Crippen molar-refractivity contribution in [2.45, 2.75) is 11.3 Å². The Hall–Kier alpha value is -1.16. The molecule has 0 saturated heterocycles. The van der Waals surface area contributed by atoms with Gasteiger partial charge in [-0.15, -0.1) is 11.8 Å². The molecule has 14 heavy (non-hydrogen) atoms. The van der Waals surface area contributed by atoms with Crippen molar-refractivity contribution in [2.24, 2.45) is 0 Å². The van der Waals surface area contributed by atoms with E-state index in [2.05, 4.69) is 0 Å². The van der Waals surface area contributed by atoms with Crippen LogP contribution in [0.4, 0.5) is 0 Å². The molecule has 1 aromatic carbocycles. The van der Waals surface area contributed by atoms with E-state index in [1.165, 1.54) is 4.90 Å². The SMILES string of the molecule is O=C(O)COc1cccc2c1CCS2. The molecular weight excluding hydrogens is 200 g/mol. The first-order valence-electron chi connectivity index (χ1n) is 4.36. The van der Waals surface area contributed by atoms with Gasteiger partial charge in [0, 0.05) is 16.2 Å². The van der Waals surface area contributed by atoms with Gasteiger partial charge in [0.2, 0.25) is 0 Å². The molecule has 0 fully saturated rings. The highest BCUT2D eigenvalue weighted by molar-refractivity contribution is 7.99. The first-order chi connectivity index (χ1) is 6.77. The Kier molecular flexibility index (Phi) is 2.63. The minimum absolute atomic E-state index is 0.263. The molecule has 1 aliphatic rings. The molecule has 74 valence electrons. The van der Waals surface area contributed by atoms with E-state index in [0.717, 1.165) is 23.5 Å². The zero-order valence-electron chi connectivity index (χ0n) is 7.53. The highest BCUT2D eigenvalue weighted by Crippen LogP contribution is 2.36. The Morgan fingerprint density at radius 3 is 3.21 bits per heavy atom. The minimum atomic E-state index is -0.937. The molecule has 4 heteroatoms. The summed E-state index contributed by atoms with van der Waals surface area (Å²) in [5.74, 6) is 0.839. The lowest BCUT2D eigenvalue weighted by Crippen LogP contribution is -2.10. The van der Waals surface area contributed by atoms with Gasteiger partial charge in [-0.1, -0.05) is 6.07 Å². The van der Waals surface area contributed by atoms with Crippen LogP contribution >= 0.6 is 11.8 Å². The van der Waals surface area contributed by atoms with Crippen LogP contribution in [-0.4, -0.2) is 23.4 Å². The predicted octanol–water partition coefficient (Wildman–Crippen LogP) is 1.80. The summed E-state index contributed by atoms with van der Waals surface area (Å²) in [5.41, 5.74) is 1.15. The maximum absolute atomic E-state index is 10.3. The van der Waals surface area contributed by atoms with E-state index in [0.29, 0.717) is 0 Å². The van der Waals surface area contributed by atoms with Gasteiger partial charge in [0.25, 0.3) is 0 Å². The molecule has 0 saturated carbocycles. The molecule has 1 aliphatic heterocycles. The third-order valence-corrected chi connectivity index (χ3v) is 3.15. The number of fused-ring (bicyclic) bond motifs is 1. The van der Waals surface area contributed by atoms with Crippen LogP contribution in [0.15, 0.2) is 23.1 Å². The Labute approximate surface area is 86.1 Å². The van der Waals surface area contributed by atoms with E-state index >= 15 is 0 Å². The normalized spacial score (nSPS) is 13.7. The molecular formula is C10H10O3S. The lowest BCUT2D eigenvalue weighted by atomic mass is 10.1. The summed E-state index contributed by atoms with van der Waals surface area (Å²) in [5, 5.41) is 8.49. The average Bonchev–Trinajstić information content (AvgIpc) is 2.62. The fourth-order valence-corrected chi connectivity index (χ4v) is 2.54. The Morgan fingerprint density at radius 1 is 1.57 bits per heavy atom. The Bertz CT molecular complexity index is 362. The summed E-state index contributed by atoms with van der Waals surface area (Å²) >= 11 is 1.79. The molecule has 0 atom stereocenters. The zero-order chi connectivity index (χ0) is 9.97. The van der Waals surface area contributed by atoms with Crippen LogP contribution in [0.3, 0.4) is 0 Å². The molecule has 0 spiro atoms. The number of carboxylic acid groups (broad SMARTS) is 1. The first-order valence-corrected chi connectivity index (χ1v) is 5.35. The monoisotopic (exact) mass is 210 g/mol. The number of rotatable bonds is 3. The second-order valence-electron chi connectivity index (χ2n) is 3.01. The van der Waals surface area contributed by atoms with Gasteiger partial charge < -0.3 is 9.84 Å². The summed E-state index contributed by atoms with van der Waals surface area (Å²) < 4.78 is 5.20. The molecule has 0 unspecified atom stereocenters. The van der Waals surface area contributed by atoms with Crippen LogP contribution < -0.4 is 4.74 Å². The lowest BCUT2D eigenvalue weighted by molar-refractivity contribution is -0.139. The van der Waals surface area contributed by atoms with Gasteiger partial charge in [-0.05, 0) is 18.6 Å². The molecule has 0 bridgehead atoms. The summed E-state index contributed by atoms with van der Waals surface area (Å²) in [6, 6.07) is 5.77. The molecule has 3 nitrogen and oxygen atoms in total. The second-order valence-corrected chi connectivity index (χ2v) is 4.15. The van der Waals surface area contributed by atoms with Gasteiger partial charge in [-0.3, -0.25) is 0 Å². The first kappa shape index (κ1) is 9.40. The maximum atomic E-state index is 10.3. The smallest absolute Gasteiger partial charge is 0.341 e. The summed E-state index contributed by atoms with van der Waals surface area (Å²) in [6.07, 6.45) is 0.968. The van der Waals surface area contributed by atoms with Gasteiger partial charge >= 0.3 is 5.97 Å². The van der Waals surface area contributed by atoms with Crippen molar-refractivity contribution in [3.05, 3.63) is 23.8 Å². The highest BCUT2D eigenvalue weighted by atomic mass is 32.2. The second kappa shape index (κ2) is 3.92. The standard InChI is InChI=1S/C10H10O3S/c11-10(12)6-13-8-2-1-3-9-7(8)4-5-14-9/h1-3H,4-6H2,(H,11,12). The molecule has 0 radical (unpaired) electrons. The van der Waals surface area contributed by atoms with E-state index in [4.69, 9.17) is 9.84 Å². The fourth-order valence-electron chi connectivity index (χ4n) is 1.46. The van der Waals surface area contributed by atoms with Gasteiger partial charge in [0.15, 0.2) is 6.61 Å². The van der Waals surface area contributed by atoms with E-state index in [1.807, 2.05) is 18.2 Å². The predicted molar refractivity (Wildman–Crippen MR) is 54.0 cm³/mol. The third kappa shape index (κ3) is 1.85. The van der Waals surface area contributed by atoms with E-state index < -0.39 is 5.97 Å². The Balaban J connectivity index is 2.17. The van der Waals surface area contributed by atoms with Crippen LogP contribution in [0, 0.1) is 0 Å². The van der Waals surface area contributed by atoms with E-state index in [1.54, 1.807) is 11.8 Å². The van der Waals surface area contributed by atoms with Crippen molar-refractivity contribution in [2.75, 3.05) is 12.4 Å². The zero-order valence-corrected chi connectivity index (χ0v) is 8.34. The molecule has 1 heterocycles. The van der Waals surface area contributed by atoms with Crippen molar-refractivity contribution in [3.63, 3.8) is 0 Å². The summed E-state index contributed by atoms with van der Waals surface area (Å²) in [4.78, 5) is 11.6. The number of hydrogen-bond donors (Lipinski definition) is 1. The van der Waals surface area contributed by atoms with E-state index in [-0.39, 0.29) is 6.61 Å². The van der Waals surface area contributed by atoms with Gasteiger partial charge in [0.05, 0.1) is 0 Å². The van der Waals surface area contributed by atoms with E-state index in [9.17, 15) is 4.79 Å². The van der Waals surface area contributed by atoms with Crippen molar-refractivity contribution in [1.82, 2.24) is 0 Å². The molecule has 0 aliphatic carbocycles. The van der Waals surface area contributed by atoms with Crippen molar-refractivity contribution in [1.29, 1.82) is 0 Å². The molecule has 0 amide bonds. The summed E-state index contributed by atoms with van der Waals surface area (Å²) in [6.45, 7) is -0.263. The molecule has 0 aromatic heterocycles. The largest absolute Gasteiger partial charge is 0.482 e. The maximum Gasteiger partial charge on any atom is 0.341 e. The number of benzene rings is 1. The Morgan fingerprint density at radius 2 is 2.43 bits per heavy atom. The van der Waals surface area contributed by atoms with Gasteiger partial charge in [-0.2, -0.15) is 0 Å².